The van der Waals surface area contributed by atoms with E-state index in [2.05, 4.69) is 39.4 Å². The van der Waals surface area contributed by atoms with E-state index in [-0.39, 0.29) is 12.2 Å². The van der Waals surface area contributed by atoms with Crippen molar-refractivity contribution >= 4 is 39.0 Å². The topological polar surface area (TPSA) is 47.6 Å². The van der Waals surface area contributed by atoms with Crippen LogP contribution in [0.2, 0.25) is 0 Å². The molecule has 1 unspecified atom stereocenters. The highest BCUT2D eigenvalue weighted by atomic mass is 79.9. The molecule has 2 bridgehead atoms. The second kappa shape index (κ2) is 11.1. The normalized spacial score (nSPS) is 23.1. The Bertz CT molecular complexity index is 1130. The Morgan fingerprint density at radius 1 is 1.03 bits per heavy atom. The number of carbonyl (C=O) groups excluding carboxylic acids is 1. The Morgan fingerprint density at radius 2 is 1.80 bits per heavy atom. The number of fused-ring (bicyclic) bond motifs is 3. The van der Waals surface area contributed by atoms with Crippen LogP contribution in [0.4, 0.5) is 10.5 Å². The van der Waals surface area contributed by atoms with Gasteiger partial charge in [0.15, 0.2) is 6.10 Å². The Labute approximate surface area is 219 Å². The number of piperidine rings is 3. The van der Waals surface area contributed by atoms with Gasteiger partial charge in [-0.05, 0) is 51.8 Å². The summed E-state index contributed by atoms with van der Waals surface area (Å²) in [6.07, 6.45) is 3.68. The lowest BCUT2D eigenvalue weighted by molar-refractivity contribution is -0.946. The molecule has 0 radical (unpaired) electrons. The molecular weight excluding hydrogens is 524 g/mol. The molecule has 2 aromatic carbocycles. The number of halogens is 1. The summed E-state index contributed by atoms with van der Waals surface area (Å²) in [6.45, 7) is 5.05. The van der Waals surface area contributed by atoms with E-state index < -0.39 is 0 Å². The molecule has 1 atom stereocenters. The Hall–Kier alpha value is -2.35. The van der Waals surface area contributed by atoms with Crippen molar-refractivity contribution in [3.8, 4) is 5.75 Å². The van der Waals surface area contributed by atoms with Crippen LogP contribution in [0.1, 0.15) is 29.7 Å². The van der Waals surface area contributed by atoms with E-state index in [1.165, 1.54) is 18.0 Å². The number of thiophene rings is 1. The molecule has 3 fully saturated rings. The van der Waals surface area contributed by atoms with Gasteiger partial charge in [0.1, 0.15) is 12.3 Å². The van der Waals surface area contributed by atoms with Crippen molar-refractivity contribution in [3.63, 3.8) is 0 Å². The number of amides is 1. The summed E-state index contributed by atoms with van der Waals surface area (Å²) in [6, 6.07) is 22.2. The molecule has 184 valence electrons. The van der Waals surface area contributed by atoms with Crippen molar-refractivity contribution in [2.45, 2.75) is 31.8 Å². The summed E-state index contributed by atoms with van der Waals surface area (Å²) in [5.41, 5.74) is 1.92. The highest BCUT2D eigenvalue weighted by Crippen LogP contribution is 2.36. The molecule has 0 saturated carbocycles. The third kappa shape index (κ3) is 6.26. The molecule has 4 heterocycles. The lowest BCUT2D eigenvalue weighted by atomic mass is 9.83. The van der Waals surface area contributed by atoms with E-state index in [0.717, 1.165) is 70.6 Å². The zero-order valence-electron chi connectivity index (χ0n) is 19.8. The van der Waals surface area contributed by atoms with Crippen molar-refractivity contribution in [2.75, 3.05) is 38.1 Å². The molecule has 0 spiro atoms. The van der Waals surface area contributed by atoms with E-state index in [0.29, 0.717) is 5.92 Å². The monoisotopic (exact) mass is 555 g/mol. The van der Waals surface area contributed by atoms with E-state index in [4.69, 9.17) is 9.47 Å². The van der Waals surface area contributed by atoms with Crippen LogP contribution in [0.3, 0.4) is 0 Å². The molecule has 3 aliphatic heterocycles. The SMILES string of the molecule is O=C(Nc1ccccc1Cc1ccc(Br)s1)OC1C[N+]2(CCCOc3ccccc3)CCC1CC2. The van der Waals surface area contributed by atoms with Crippen molar-refractivity contribution in [2.24, 2.45) is 5.92 Å². The standard InChI is InChI=1S/C28H31BrN2O3S/c29-27-12-11-24(35-27)19-22-7-4-5-10-25(22)30-28(32)34-26-20-31(16-13-21(26)14-17-31)15-6-18-33-23-8-2-1-3-9-23/h1-5,7-12,21,26H,6,13-20H2/p+1. The summed E-state index contributed by atoms with van der Waals surface area (Å²) in [5.74, 6) is 1.40. The van der Waals surface area contributed by atoms with Gasteiger partial charge >= 0.3 is 6.09 Å². The maximum atomic E-state index is 12.9. The third-order valence-corrected chi connectivity index (χ3v) is 8.96. The molecule has 1 N–H and O–H groups in total. The summed E-state index contributed by atoms with van der Waals surface area (Å²) < 4.78 is 14.1. The van der Waals surface area contributed by atoms with Gasteiger partial charge in [-0.2, -0.15) is 0 Å². The minimum atomic E-state index is -0.339. The third-order valence-electron chi connectivity index (χ3n) is 7.34. The molecule has 7 heteroatoms. The molecule has 5 nitrogen and oxygen atoms in total. The highest BCUT2D eigenvalue weighted by molar-refractivity contribution is 9.11. The highest BCUT2D eigenvalue weighted by Gasteiger charge is 2.47. The number of quaternary nitrogens is 1. The van der Waals surface area contributed by atoms with E-state index in [1.807, 2.05) is 48.5 Å². The number of hydrogen-bond donors (Lipinski definition) is 1. The van der Waals surface area contributed by atoms with Gasteiger partial charge in [0.2, 0.25) is 0 Å². The van der Waals surface area contributed by atoms with Crippen molar-refractivity contribution in [3.05, 3.63) is 81.0 Å². The Morgan fingerprint density at radius 3 is 2.57 bits per heavy atom. The summed E-state index contributed by atoms with van der Waals surface area (Å²) in [7, 11) is 0. The number of nitrogens with zero attached hydrogens (tertiary/aromatic N) is 1. The number of anilines is 1. The van der Waals surface area contributed by atoms with Crippen LogP contribution in [0.15, 0.2) is 70.5 Å². The van der Waals surface area contributed by atoms with Gasteiger partial charge in [-0.25, -0.2) is 4.79 Å². The molecular formula is C28H32BrN2O3S+. The fourth-order valence-corrected chi connectivity index (χ4v) is 6.99. The number of carbonyl (C=O) groups is 1. The number of rotatable bonds is 9. The molecule has 35 heavy (non-hydrogen) atoms. The lowest BCUT2D eigenvalue weighted by Crippen LogP contribution is -2.64. The fourth-order valence-electron chi connectivity index (χ4n) is 5.48. The second-order valence-corrected chi connectivity index (χ2v) is 12.2. The van der Waals surface area contributed by atoms with Crippen molar-refractivity contribution in [1.29, 1.82) is 0 Å². The molecule has 6 rings (SSSR count). The number of para-hydroxylation sites is 2. The van der Waals surface area contributed by atoms with Gasteiger partial charge in [-0.1, -0.05) is 36.4 Å². The second-order valence-electron chi connectivity index (χ2n) is 9.66. The number of hydrogen-bond acceptors (Lipinski definition) is 4. The minimum Gasteiger partial charge on any atom is -0.493 e. The molecule has 1 amide bonds. The van der Waals surface area contributed by atoms with Gasteiger partial charge in [-0.15, -0.1) is 11.3 Å². The Kier molecular flexibility index (Phi) is 7.75. The zero-order valence-corrected chi connectivity index (χ0v) is 22.2. The molecule has 1 aromatic heterocycles. The van der Waals surface area contributed by atoms with Crippen LogP contribution in [-0.2, 0) is 11.2 Å². The first kappa shape index (κ1) is 24.3. The number of nitrogens with one attached hydrogen (secondary N) is 1. The summed E-state index contributed by atoms with van der Waals surface area (Å²) >= 11 is 5.25. The predicted molar refractivity (Wildman–Crippen MR) is 144 cm³/mol. The lowest BCUT2D eigenvalue weighted by Gasteiger charge is -2.52. The predicted octanol–water partition coefficient (Wildman–Crippen LogP) is 6.73. The maximum Gasteiger partial charge on any atom is 0.412 e. The van der Waals surface area contributed by atoms with Crippen LogP contribution in [-0.4, -0.2) is 49.5 Å². The maximum absolute atomic E-state index is 12.9. The first-order valence-corrected chi connectivity index (χ1v) is 14.0. The largest absolute Gasteiger partial charge is 0.493 e. The van der Waals surface area contributed by atoms with E-state index in [9.17, 15) is 4.79 Å². The van der Waals surface area contributed by atoms with Gasteiger partial charge in [-0.3, -0.25) is 5.32 Å². The van der Waals surface area contributed by atoms with E-state index >= 15 is 0 Å². The van der Waals surface area contributed by atoms with E-state index in [1.54, 1.807) is 11.3 Å². The summed E-state index contributed by atoms with van der Waals surface area (Å²) in [4.78, 5) is 14.2. The van der Waals surface area contributed by atoms with Crippen LogP contribution < -0.4 is 10.1 Å². The van der Waals surface area contributed by atoms with Crippen LogP contribution in [0.5, 0.6) is 5.75 Å². The van der Waals surface area contributed by atoms with Gasteiger partial charge < -0.3 is 14.0 Å². The average molecular weight is 557 g/mol. The van der Waals surface area contributed by atoms with Crippen molar-refractivity contribution in [1.82, 2.24) is 0 Å². The molecule has 3 aromatic rings. The first-order chi connectivity index (χ1) is 17.1. The van der Waals surface area contributed by atoms with Crippen LogP contribution in [0.25, 0.3) is 0 Å². The zero-order chi connectivity index (χ0) is 24.1. The molecule has 3 aliphatic rings. The number of benzene rings is 2. The fraction of sp³-hybridized carbons (Fsp3) is 0.393. The first-order valence-electron chi connectivity index (χ1n) is 12.4. The van der Waals surface area contributed by atoms with Crippen LogP contribution >= 0.6 is 27.3 Å². The van der Waals surface area contributed by atoms with Crippen LogP contribution in [0, 0.1) is 5.92 Å². The van der Waals surface area contributed by atoms with Gasteiger partial charge in [0, 0.05) is 42.2 Å². The van der Waals surface area contributed by atoms with Gasteiger partial charge in [0.05, 0.1) is 30.0 Å². The molecule has 0 aliphatic carbocycles. The van der Waals surface area contributed by atoms with Crippen molar-refractivity contribution < 1.29 is 18.8 Å². The summed E-state index contributed by atoms with van der Waals surface area (Å²) in [5, 5.41) is 3.03. The average Bonchev–Trinajstić information content (AvgIpc) is 3.29. The number of ether oxygens (including phenoxy) is 2. The van der Waals surface area contributed by atoms with Gasteiger partial charge in [0.25, 0.3) is 0 Å². The quantitative estimate of drug-likeness (QED) is 0.235. The minimum absolute atomic E-state index is 0.0204. The molecule has 3 saturated heterocycles. The smallest absolute Gasteiger partial charge is 0.412 e. The Balaban J connectivity index is 1.14.